The second-order valence-electron chi connectivity index (χ2n) is 6.49. The zero-order valence-electron chi connectivity index (χ0n) is 16.7. The number of carbonyl (C=O) groups excluding carboxylic acids is 1. The number of aromatic amines is 1. The summed E-state index contributed by atoms with van der Waals surface area (Å²) in [5, 5.41) is 0. The topological polar surface area (TPSA) is 108 Å². The number of fused-ring (bicyclic) bond motifs is 1. The number of rotatable bonds is 11. The zero-order valence-corrected chi connectivity index (χ0v) is 16.7. The first kappa shape index (κ1) is 21.6. The molecule has 0 spiro atoms. The summed E-state index contributed by atoms with van der Waals surface area (Å²) in [6.07, 6.45) is 3.23. The van der Waals surface area contributed by atoms with E-state index in [1.807, 2.05) is 13.8 Å². The molecule has 0 saturated heterocycles. The van der Waals surface area contributed by atoms with Crippen LogP contribution in [0.1, 0.15) is 45.9 Å². The summed E-state index contributed by atoms with van der Waals surface area (Å²) in [4.78, 5) is 43.6. The highest BCUT2D eigenvalue weighted by molar-refractivity contribution is 5.74. The lowest BCUT2D eigenvalue weighted by Gasteiger charge is -2.12. The number of unbranched alkanes of at least 4 members (excludes halogenated alkanes) is 1. The van der Waals surface area contributed by atoms with Crippen LogP contribution in [0.2, 0.25) is 0 Å². The van der Waals surface area contributed by atoms with Crippen LogP contribution in [0.25, 0.3) is 11.2 Å². The number of imidazole rings is 1. The molecule has 0 aliphatic rings. The van der Waals surface area contributed by atoms with Gasteiger partial charge in [0.05, 0.1) is 6.61 Å². The molecule has 9 heteroatoms. The molecule has 1 N–H and O–H groups in total. The van der Waals surface area contributed by atoms with Crippen molar-refractivity contribution in [1.82, 2.24) is 19.1 Å². The Kier molecular flexibility index (Phi) is 7.74. The van der Waals surface area contributed by atoms with E-state index < -0.39 is 23.3 Å². The maximum absolute atomic E-state index is 12.4. The molecular weight excluding hydrogens is 364 g/mol. The van der Waals surface area contributed by atoms with Gasteiger partial charge in [0, 0.05) is 13.1 Å². The molecule has 0 amide bonds. The molecule has 0 fully saturated rings. The van der Waals surface area contributed by atoms with Crippen LogP contribution in [0.3, 0.4) is 0 Å². The van der Waals surface area contributed by atoms with Gasteiger partial charge < -0.3 is 14.0 Å². The third-order valence-electron chi connectivity index (χ3n) is 4.29. The average Bonchev–Trinajstić information content (AvgIpc) is 3.03. The van der Waals surface area contributed by atoms with Crippen molar-refractivity contribution in [2.24, 2.45) is 0 Å². The van der Waals surface area contributed by atoms with Crippen molar-refractivity contribution in [2.45, 2.75) is 65.8 Å². The molecule has 2 heterocycles. The third kappa shape index (κ3) is 4.78. The van der Waals surface area contributed by atoms with E-state index in [-0.39, 0.29) is 13.2 Å². The lowest BCUT2D eigenvalue weighted by molar-refractivity contribution is -0.156. The van der Waals surface area contributed by atoms with E-state index in [0.717, 1.165) is 19.3 Å². The van der Waals surface area contributed by atoms with Gasteiger partial charge in [0.1, 0.15) is 12.4 Å². The fourth-order valence-corrected chi connectivity index (χ4v) is 2.85. The smallest absolute Gasteiger partial charge is 0.335 e. The monoisotopic (exact) mass is 392 g/mol. The van der Waals surface area contributed by atoms with Gasteiger partial charge in [-0.15, -0.1) is 6.58 Å². The molecule has 154 valence electrons. The van der Waals surface area contributed by atoms with E-state index in [9.17, 15) is 14.4 Å². The fourth-order valence-electron chi connectivity index (χ4n) is 2.85. The van der Waals surface area contributed by atoms with Gasteiger partial charge in [-0.25, -0.2) is 14.6 Å². The largest absolute Gasteiger partial charge is 0.456 e. The minimum absolute atomic E-state index is 0.114. The molecule has 0 radical (unpaired) electrons. The first-order valence-corrected chi connectivity index (χ1v) is 9.55. The number of ether oxygens (including phenoxy) is 2. The van der Waals surface area contributed by atoms with Crippen LogP contribution in [0.5, 0.6) is 0 Å². The highest BCUT2D eigenvalue weighted by Crippen LogP contribution is 2.14. The summed E-state index contributed by atoms with van der Waals surface area (Å²) in [6.45, 7) is 10.2. The number of nitrogens with zero attached hydrogens (tertiary/aromatic N) is 3. The summed E-state index contributed by atoms with van der Waals surface area (Å²) in [5.41, 5.74) is -0.340. The number of H-pyrrole nitrogens is 1. The van der Waals surface area contributed by atoms with Crippen LogP contribution in [0.4, 0.5) is 0 Å². The SMILES string of the molecule is C=CCOC(C)C(=O)OCc1nc2c(c(=O)[nH]c(=O)n2CCCC)n1CCC. The van der Waals surface area contributed by atoms with E-state index in [1.165, 1.54) is 4.57 Å². The van der Waals surface area contributed by atoms with Crippen LogP contribution in [0.15, 0.2) is 22.2 Å². The third-order valence-corrected chi connectivity index (χ3v) is 4.29. The molecule has 0 aliphatic heterocycles. The number of aromatic nitrogens is 4. The number of aryl methyl sites for hydroxylation is 2. The second-order valence-corrected chi connectivity index (χ2v) is 6.49. The van der Waals surface area contributed by atoms with Crippen molar-refractivity contribution in [3.8, 4) is 0 Å². The average molecular weight is 392 g/mol. The van der Waals surface area contributed by atoms with Gasteiger partial charge in [0.15, 0.2) is 17.3 Å². The molecule has 0 aromatic carbocycles. The van der Waals surface area contributed by atoms with Gasteiger partial charge in [0.25, 0.3) is 5.56 Å². The molecule has 1 atom stereocenters. The maximum Gasteiger partial charge on any atom is 0.335 e. The Morgan fingerprint density at radius 3 is 2.64 bits per heavy atom. The van der Waals surface area contributed by atoms with E-state index in [4.69, 9.17) is 9.47 Å². The number of nitrogens with one attached hydrogen (secondary N) is 1. The number of carbonyl (C=O) groups is 1. The summed E-state index contributed by atoms with van der Waals surface area (Å²) >= 11 is 0. The maximum atomic E-state index is 12.4. The lowest BCUT2D eigenvalue weighted by Crippen LogP contribution is -2.31. The standard InChI is InChI=1S/C19H28N4O5/c1-5-8-10-23-16-15(17(24)21-19(23)26)22(9-6-2)14(20-16)12-28-18(25)13(4)27-11-7-3/h7,13H,3,5-6,8-12H2,1-2,4H3,(H,21,24,26). The van der Waals surface area contributed by atoms with Gasteiger partial charge in [0.2, 0.25) is 0 Å². The predicted molar refractivity (Wildman–Crippen MR) is 105 cm³/mol. The number of hydrogen-bond donors (Lipinski definition) is 1. The number of esters is 1. The van der Waals surface area contributed by atoms with Crippen LogP contribution >= 0.6 is 0 Å². The van der Waals surface area contributed by atoms with Gasteiger partial charge in [-0.1, -0.05) is 26.3 Å². The molecule has 0 bridgehead atoms. The normalized spacial score (nSPS) is 12.2. The van der Waals surface area contributed by atoms with Gasteiger partial charge >= 0.3 is 11.7 Å². The van der Waals surface area contributed by atoms with Crippen LogP contribution < -0.4 is 11.2 Å². The van der Waals surface area contributed by atoms with E-state index in [1.54, 1.807) is 17.6 Å². The number of hydrogen-bond acceptors (Lipinski definition) is 6. The molecule has 28 heavy (non-hydrogen) atoms. The molecule has 2 aromatic rings. The van der Waals surface area contributed by atoms with Crippen molar-refractivity contribution in [1.29, 1.82) is 0 Å². The van der Waals surface area contributed by atoms with E-state index >= 15 is 0 Å². The summed E-state index contributed by atoms with van der Waals surface area (Å²) in [7, 11) is 0. The van der Waals surface area contributed by atoms with Gasteiger partial charge in [-0.2, -0.15) is 0 Å². The zero-order chi connectivity index (χ0) is 20.7. The summed E-state index contributed by atoms with van der Waals surface area (Å²) < 4.78 is 13.7. The van der Waals surface area contributed by atoms with Crippen molar-refractivity contribution in [2.75, 3.05) is 6.61 Å². The molecule has 2 aromatic heterocycles. The molecule has 0 aliphatic carbocycles. The highest BCUT2D eigenvalue weighted by Gasteiger charge is 2.20. The van der Waals surface area contributed by atoms with Crippen LogP contribution in [0, 0.1) is 0 Å². The Labute approximate surface area is 163 Å². The van der Waals surface area contributed by atoms with Crippen molar-refractivity contribution in [3.05, 3.63) is 39.3 Å². The van der Waals surface area contributed by atoms with Gasteiger partial charge in [-0.3, -0.25) is 14.3 Å². The first-order chi connectivity index (χ1) is 13.4. The highest BCUT2D eigenvalue weighted by atomic mass is 16.6. The first-order valence-electron chi connectivity index (χ1n) is 9.55. The Bertz CT molecular complexity index is 940. The molecule has 9 nitrogen and oxygen atoms in total. The van der Waals surface area contributed by atoms with Gasteiger partial charge in [-0.05, 0) is 19.8 Å². The summed E-state index contributed by atoms with van der Waals surface area (Å²) in [6, 6.07) is 0. The minimum atomic E-state index is -0.742. The lowest BCUT2D eigenvalue weighted by atomic mass is 10.3. The minimum Gasteiger partial charge on any atom is -0.456 e. The molecule has 1 unspecified atom stereocenters. The fraction of sp³-hybridized carbons (Fsp3) is 0.579. The van der Waals surface area contributed by atoms with E-state index in [2.05, 4.69) is 16.5 Å². The van der Waals surface area contributed by atoms with E-state index in [0.29, 0.717) is 30.1 Å². The summed E-state index contributed by atoms with van der Waals surface area (Å²) in [5.74, 6) is -0.114. The van der Waals surface area contributed by atoms with Crippen molar-refractivity contribution >= 4 is 17.1 Å². The van der Waals surface area contributed by atoms with Crippen molar-refractivity contribution in [3.63, 3.8) is 0 Å². The molecule has 2 rings (SSSR count). The Morgan fingerprint density at radius 1 is 1.25 bits per heavy atom. The van der Waals surface area contributed by atoms with Crippen LogP contribution in [-0.4, -0.2) is 37.8 Å². The Balaban J connectivity index is 2.39. The van der Waals surface area contributed by atoms with Crippen LogP contribution in [-0.2, 0) is 34.0 Å². The molecule has 0 saturated carbocycles. The predicted octanol–water partition coefficient (Wildman–Crippen LogP) is 1.73. The second kappa shape index (κ2) is 10.0. The Morgan fingerprint density at radius 2 is 2.00 bits per heavy atom. The van der Waals surface area contributed by atoms with Crippen molar-refractivity contribution < 1.29 is 14.3 Å². The quantitative estimate of drug-likeness (QED) is 0.461. The Hall–Kier alpha value is -2.68. The molecular formula is C19H28N4O5.